The van der Waals surface area contributed by atoms with Gasteiger partial charge >= 0.3 is 0 Å². The molecule has 3 heterocycles. The van der Waals surface area contributed by atoms with Crippen LogP contribution in [-0.2, 0) is 18.4 Å². The molecule has 4 rings (SSSR count). The van der Waals surface area contributed by atoms with Gasteiger partial charge in [-0.3, -0.25) is 14.3 Å². The average Bonchev–Trinajstić information content (AvgIpc) is 3.01. The van der Waals surface area contributed by atoms with Crippen molar-refractivity contribution in [1.82, 2.24) is 30.1 Å². The lowest BCUT2D eigenvalue weighted by atomic mass is 10.2. The summed E-state index contributed by atoms with van der Waals surface area (Å²) in [6.07, 6.45) is 3.59. The van der Waals surface area contributed by atoms with Gasteiger partial charge < -0.3 is 14.7 Å². The second-order valence-electron chi connectivity index (χ2n) is 7.07. The lowest BCUT2D eigenvalue weighted by Crippen LogP contribution is -2.30. The molecule has 9 nitrogen and oxygen atoms in total. The van der Waals surface area contributed by atoms with Crippen molar-refractivity contribution in [1.29, 1.82) is 0 Å². The van der Waals surface area contributed by atoms with Gasteiger partial charge in [0.05, 0.1) is 12.2 Å². The Bertz CT molecular complexity index is 837. The Labute approximate surface area is 150 Å². The Hall–Kier alpha value is -2.71. The molecule has 2 aromatic heterocycles. The largest absolute Gasteiger partial charge is 0.343 e. The first-order chi connectivity index (χ1) is 12.5. The predicted molar refractivity (Wildman–Crippen MR) is 89.8 cm³/mol. The van der Waals surface area contributed by atoms with Crippen LogP contribution >= 0.6 is 0 Å². The van der Waals surface area contributed by atoms with E-state index in [4.69, 9.17) is 4.52 Å². The van der Waals surface area contributed by atoms with E-state index in [-0.39, 0.29) is 24.4 Å². The van der Waals surface area contributed by atoms with Crippen LogP contribution in [0.1, 0.15) is 59.6 Å². The van der Waals surface area contributed by atoms with Crippen LogP contribution < -0.4 is 5.32 Å². The first-order valence-electron chi connectivity index (χ1n) is 8.92. The number of likely N-dealkylation sites (tertiary alicyclic amines) is 1. The van der Waals surface area contributed by atoms with Gasteiger partial charge in [-0.05, 0) is 38.2 Å². The fourth-order valence-electron chi connectivity index (χ4n) is 3.35. The first kappa shape index (κ1) is 16.7. The van der Waals surface area contributed by atoms with E-state index in [1.54, 1.807) is 13.1 Å². The molecule has 26 heavy (non-hydrogen) atoms. The second-order valence-corrected chi connectivity index (χ2v) is 7.07. The standard InChI is InChI=1S/C17H22N6O3/c1-10-7-13(22(2)20-10)16(25)18-8-14-19-17(26-21-14)12-5-6-15(24)23(12)9-11-3-4-11/h7,11-12H,3-6,8-9H2,1-2H3,(H,18,25)/t12-/m0/s1. The summed E-state index contributed by atoms with van der Waals surface area (Å²) in [6, 6.07) is 1.58. The molecule has 2 aliphatic rings. The zero-order valence-corrected chi connectivity index (χ0v) is 14.9. The van der Waals surface area contributed by atoms with E-state index in [9.17, 15) is 9.59 Å². The zero-order valence-electron chi connectivity index (χ0n) is 14.9. The molecule has 0 radical (unpaired) electrons. The minimum atomic E-state index is -0.245. The van der Waals surface area contributed by atoms with Crippen LogP contribution in [0, 0.1) is 12.8 Å². The number of hydrogen-bond donors (Lipinski definition) is 1. The quantitative estimate of drug-likeness (QED) is 0.829. The van der Waals surface area contributed by atoms with Gasteiger partial charge in [-0.25, -0.2) is 0 Å². The molecule has 0 bridgehead atoms. The van der Waals surface area contributed by atoms with Gasteiger partial charge in [-0.2, -0.15) is 10.1 Å². The van der Waals surface area contributed by atoms with Gasteiger partial charge in [0.1, 0.15) is 11.7 Å². The Balaban J connectivity index is 1.39. The molecule has 138 valence electrons. The molecule has 1 saturated carbocycles. The third-order valence-electron chi connectivity index (χ3n) is 4.89. The smallest absolute Gasteiger partial charge is 0.269 e. The maximum Gasteiger partial charge on any atom is 0.269 e. The van der Waals surface area contributed by atoms with Crippen LogP contribution in [0.2, 0.25) is 0 Å². The molecule has 1 aliphatic heterocycles. The number of hydrogen-bond acceptors (Lipinski definition) is 6. The number of rotatable bonds is 6. The monoisotopic (exact) mass is 358 g/mol. The molecule has 1 N–H and O–H groups in total. The van der Waals surface area contributed by atoms with Gasteiger partial charge in [0.2, 0.25) is 11.8 Å². The summed E-state index contributed by atoms with van der Waals surface area (Å²) in [5.41, 5.74) is 1.25. The highest BCUT2D eigenvalue weighted by atomic mass is 16.5. The van der Waals surface area contributed by atoms with Crippen molar-refractivity contribution in [3.8, 4) is 0 Å². The van der Waals surface area contributed by atoms with E-state index >= 15 is 0 Å². The van der Waals surface area contributed by atoms with Gasteiger partial charge in [-0.15, -0.1) is 0 Å². The van der Waals surface area contributed by atoms with Gasteiger partial charge in [-0.1, -0.05) is 5.16 Å². The fourth-order valence-corrected chi connectivity index (χ4v) is 3.35. The number of nitrogens with zero attached hydrogens (tertiary/aromatic N) is 5. The minimum Gasteiger partial charge on any atom is -0.343 e. The molecular weight excluding hydrogens is 336 g/mol. The van der Waals surface area contributed by atoms with Crippen LogP contribution in [0.25, 0.3) is 0 Å². The molecule has 0 aromatic carbocycles. The minimum absolute atomic E-state index is 0.139. The molecule has 2 amide bonds. The number of carbonyl (C=O) groups excluding carboxylic acids is 2. The van der Waals surface area contributed by atoms with Crippen molar-refractivity contribution in [2.24, 2.45) is 13.0 Å². The van der Waals surface area contributed by atoms with Crippen molar-refractivity contribution < 1.29 is 14.1 Å². The molecule has 0 unspecified atom stereocenters. The lowest BCUT2D eigenvalue weighted by Gasteiger charge is -2.21. The maximum atomic E-state index is 12.2. The first-order valence-corrected chi connectivity index (χ1v) is 8.92. The summed E-state index contributed by atoms with van der Waals surface area (Å²) in [6.45, 7) is 2.77. The van der Waals surface area contributed by atoms with Gasteiger partial charge in [0, 0.05) is 20.0 Å². The van der Waals surface area contributed by atoms with E-state index < -0.39 is 0 Å². The molecule has 1 atom stereocenters. The number of nitrogens with one attached hydrogen (secondary N) is 1. The normalized spacial score (nSPS) is 20.0. The van der Waals surface area contributed by atoms with Crippen molar-refractivity contribution in [3.63, 3.8) is 0 Å². The molecule has 2 fully saturated rings. The van der Waals surface area contributed by atoms with E-state index in [0.717, 1.165) is 12.2 Å². The topological polar surface area (TPSA) is 106 Å². The summed E-state index contributed by atoms with van der Waals surface area (Å²) in [7, 11) is 1.72. The third-order valence-corrected chi connectivity index (χ3v) is 4.89. The van der Waals surface area contributed by atoms with E-state index in [2.05, 4.69) is 20.6 Å². The summed E-state index contributed by atoms with van der Waals surface area (Å²) < 4.78 is 6.91. The van der Waals surface area contributed by atoms with Crippen LogP contribution in [0.3, 0.4) is 0 Å². The Morgan fingerprint density at radius 1 is 1.38 bits per heavy atom. The van der Waals surface area contributed by atoms with E-state index in [1.807, 2.05) is 11.8 Å². The van der Waals surface area contributed by atoms with E-state index in [0.29, 0.717) is 36.2 Å². The Morgan fingerprint density at radius 2 is 2.19 bits per heavy atom. The maximum absolute atomic E-state index is 12.2. The zero-order chi connectivity index (χ0) is 18.3. The summed E-state index contributed by atoms with van der Waals surface area (Å²) >= 11 is 0. The second kappa shape index (κ2) is 6.54. The Kier molecular flexibility index (Phi) is 4.21. The fraction of sp³-hybridized carbons (Fsp3) is 0.588. The third kappa shape index (κ3) is 3.33. The van der Waals surface area contributed by atoms with Crippen molar-refractivity contribution >= 4 is 11.8 Å². The summed E-state index contributed by atoms with van der Waals surface area (Å²) in [4.78, 5) is 30.6. The van der Waals surface area contributed by atoms with Crippen LogP contribution in [-0.4, -0.2) is 43.2 Å². The number of carbonyl (C=O) groups is 2. The molecule has 2 aromatic rings. The highest BCUT2D eigenvalue weighted by Gasteiger charge is 2.39. The number of aryl methyl sites for hydroxylation is 2. The van der Waals surface area contributed by atoms with Crippen LogP contribution in [0.4, 0.5) is 0 Å². The lowest BCUT2D eigenvalue weighted by molar-refractivity contribution is -0.129. The number of aromatic nitrogens is 4. The van der Waals surface area contributed by atoms with E-state index in [1.165, 1.54) is 17.5 Å². The number of amides is 2. The van der Waals surface area contributed by atoms with Gasteiger partial charge in [0.15, 0.2) is 5.82 Å². The molecule has 9 heteroatoms. The average molecular weight is 358 g/mol. The van der Waals surface area contributed by atoms with Crippen LogP contribution in [0.5, 0.6) is 0 Å². The molecular formula is C17H22N6O3. The Morgan fingerprint density at radius 3 is 2.88 bits per heavy atom. The highest BCUT2D eigenvalue weighted by molar-refractivity contribution is 5.92. The van der Waals surface area contributed by atoms with Crippen molar-refractivity contribution in [2.75, 3.05) is 6.54 Å². The SMILES string of the molecule is Cc1cc(C(=O)NCc2noc([C@@H]3CCC(=O)N3CC3CC3)n2)n(C)n1. The van der Waals surface area contributed by atoms with Crippen molar-refractivity contribution in [3.05, 3.63) is 29.2 Å². The molecule has 1 aliphatic carbocycles. The molecule has 1 saturated heterocycles. The summed E-state index contributed by atoms with van der Waals surface area (Å²) in [5.74, 6) is 1.38. The van der Waals surface area contributed by atoms with Crippen molar-refractivity contribution in [2.45, 2.75) is 45.2 Å². The van der Waals surface area contributed by atoms with Gasteiger partial charge in [0.25, 0.3) is 5.91 Å². The highest BCUT2D eigenvalue weighted by Crippen LogP contribution is 2.37. The predicted octanol–water partition coefficient (Wildman–Crippen LogP) is 1.12. The summed E-state index contributed by atoms with van der Waals surface area (Å²) in [5, 5.41) is 10.9. The van der Waals surface area contributed by atoms with Crippen LogP contribution in [0.15, 0.2) is 10.6 Å². The molecule has 0 spiro atoms.